The predicted molar refractivity (Wildman–Crippen MR) is 79.2 cm³/mol. The molecule has 0 radical (unpaired) electrons. The summed E-state index contributed by atoms with van der Waals surface area (Å²) in [5.41, 5.74) is 6.79. The number of pyridine rings is 1. The van der Waals surface area contributed by atoms with E-state index in [2.05, 4.69) is 4.98 Å². The van der Waals surface area contributed by atoms with Gasteiger partial charge in [-0.2, -0.15) is 0 Å². The Hall–Kier alpha value is -1.63. The van der Waals surface area contributed by atoms with E-state index < -0.39 is 10.0 Å². The van der Waals surface area contributed by atoms with E-state index in [0.29, 0.717) is 12.2 Å². The van der Waals surface area contributed by atoms with E-state index in [1.54, 1.807) is 24.3 Å². The van der Waals surface area contributed by atoms with Gasteiger partial charge in [-0.15, -0.1) is 0 Å². The van der Waals surface area contributed by atoms with Crippen molar-refractivity contribution in [1.29, 1.82) is 0 Å². The summed E-state index contributed by atoms with van der Waals surface area (Å²) in [6.07, 6.45) is 3.06. The molecule has 20 heavy (non-hydrogen) atoms. The van der Waals surface area contributed by atoms with Gasteiger partial charge in [0.15, 0.2) is 0 Å². The Bertz CT molecular complexity index is 705. The minimum atomic E-state index is -3.71. The average molecular weight is 312 g/mol. The molecule has 0 bridgehead atoms. The van der Waals surface area contributed by atoms with Gasteiger partial charge in [-0.25, -0.2) is 8.42 Å². The van der Waals surface area contributed by atoms with Crippen LogP contribution in [0.5, 0.6) is 0 Å². The normalized spacial score (nSPS) is 11.3. The van der Waals surface area contributed by atoms with Gasteiger partial charge >= 0.3 is 0 Å². The predicted octanol–water partition coefficient (Wildman–Crippen LogP) is 2.02. The van der Waals surface area contributed by atoms with Crippen LogP contribution in [-0.4, -0.2) is 20.4 Å². The highest BCUT2D eigenvalue weighted by Gasteiger charge is 2.24. The monoisotopic (exact) mass is 311 g/mol. The molecule has 0 saturated heterocycles. The Labute approximate surface area is 123 Å². The molecule has 2 rings (SSSR count). The first kappa shape index (κ1) is 14.8. The number of hydrogen-bond donors (Lipinski definition) is 1. The number of benzene rings is 1. The van der Waals surface area contributed by atoms with E-state index in [1.165, 1.54) is 25.5 Å². The summed E-state index contributed by atoms with van der Waals surface area (Å²) in [6, 6.07) is 7.91. The lowest BCUT2D eigenvalue weighted by Gasteiger charge is -2.20. The van der Waals surface area contributed by atoms with Crippen molar-refractivity contribution in [3.63, 3.8) is 0 Å². The SMILES string of the molecule is CN(c1ccncc1)S(=O)(=O)c1ccc(CN)cc1Cl. The summed E-state index contributed by atoms with van der Waals surface area (Å²) in [5, 5.41) is 0.161. The van der Waals surface area contributed by atoms with Crippen LogP contribution in [0, 0.1) is 0 Å². The number of aromatic nitrogens is 1. The van der Waals surface area contributed by atoms with Crippen molar-refractivity contribution < 1.29 is 8.42 Å². The number of nitrogens with two attached hydrogens (primary N) is 1. The molecule has 0 unspecified atom stereocenters. The van der Waals surface area contributed by atoms with Crippen molar-refractivity contribution in [1.82, 2.24) is 4.98 Å². The van der Waals surface area contributed by atoms with Crippen molar-refractivity contribution in [3.05, 3.63) is 53.3 Å². The van der Waals surface area contributed by atoms with Crippen LogP contribution in [-0.2, 0) is 16.6 Å². The lowest BCUT2D eigenvalue weighted by Crippen LogP contribution is -2.26. The fourth-order valence-electron chi connectivity index (χ4n) is 1.72. The smallest absolute Gasteiger partial charge is 0.265 e. The van der Waals surface area contributed by atoms with E-state index in [4.69, 9.17) is 17.3 Å². The second kappa shape index (κ2) is 5.78. The Morgan fingerprint density at radius 1 is 1.25 bits per heavy atom. The highest BCUT2D eigenvalue weighted by Crippen LogP contribution is 2.27. The number of sulfonamides is 1. The van der Waals surface area contributed by atoms with Crippen LogP contribution in [0.15, 0.2) is 47.6 Å². The number of anilines is 1. The summed E-state index contributed by atoms with van der Waals surface area (Å²) >= 11 is 6.05. The first-order chi connectivity index (χ1) is 9.46. The van der Waals surface area contributed by atoms with Crippen LogP contribution in [0.2, 0.25) is 5.02 Å². The van der Waals surface area contributed by atoms with Gasteiger partial charge in [0.1, 0.15) is 4.90 Å². The van der Waals surface area contributed by atoms with Gasteiger partial charge in [0.05, 0.1) is 10.7 Å². The number of nitrogens with zero attached hydrogens (tertiary/aromatic N) is 2. The molecule has 1 heterocycles. The molecule has 1 aromatic carbocycles. The summed E-state index contributed by atoms with van der Waals surface area (Å²) in [6.45, 7) is 0.306. The maximum Gasteiger partial charge on any atom is 0.265 e. The molecule has 0 saturated carbocycles. The van der Waals surface area contributed by atoms with Crippen LogP contribution in [0.1, 0.15) is 5.56 Å². The zero-order valence-corrected chi connectivity index (χ0v) is 12.4. The average Bonchev–Trinajstić information content (AvgIpc) is 2.46. The number of hydrogen-bond acceptors (Lipinski definition) is 4. The second-order valence-corrected chi connectivity index (χ2v) is 6.49. The van der Waals surface area contributed by atoms with Gasteiger partial charge in [-0.1, -0.05) is 17.7 Å². The standard InChI is InChI=1S/C13H14ClN3O2S/c1-17(11-4-6-16-7-5-11)20(18,19)13-3-2-10(9-15)8-12(13)14/h2-8H,9,15H2,1H3. The molecule has 0 aliphatic heterocycles. The molecule has 0 atom stereocenters. The Morgan fingerprint density at radius 3 is 2.45 bits per heavy atom. The van der Waals surface area contributed by atoms with Crippen LogP contribution in [0.4, 0.5) is 5.69 Å². The highest BCUT2D eigenvalue weighted by molar-refractivity contribution is 7.93. The molecule has 2 aromatic rings. The lowest BCUT2D eigenvalue weighted by atomic mass is 10.2. The minimum absolute atomic E-state index is 0.0516. The maximum absolute atomic E-state index is 12.5. The maximum atomic E-state index is 12.5. The number of halogens is 1. The summed E-state index contributed by atoms with van der Waals surface area (Å²) < 4.78 is 26.3. The van der Waals surface area contributed by atoms with Gasteiger partial charge in [0.2, 0.25) is 0 Å². The summed E-state index contributed by atoms with van der Waals surface area (Å²) in [7, 11) is -2.24. The second-order valence-electron chi connectivity index (χ2n) is 4.15. The van der Waals surface area contributed by atoms with Crippen molar-refractivity contribution in [2.24, 2.45) is 5.73 Å². The van der Waals surface area contributed by atoms with Crippen LogP contribution in [0.25, 0.3) is 0 Å². The first-order valence-corrected chi connectivity index (χ1v) is 7.66. The molecular formula is C13H14ClN3O2S. The van der Waals surface area contributed by atoms with Gasteiger partial charge in [0, 0.05) is 26.0 Å². The first-order valence-electron chi connectivity index (χ1n) is 5.84. The Balaban J connectivity index is 2.45. The molecule has 0 amide bonds. The van der Waals surface area contributed by atoms with Crippen molar-refractivity contribution in [2.75, 3.05) is 11.4 Å². The largest absolute Gasteiger partial charge is 0.326 e. The zero-order chi connectivity index (χ0) is 14.8. The zero-order valence-electron chi connectivity index (χ0n) is 10.8. The third-order valence-electron chi connectivity index (χ3n) is 2.90. The molecule has 0 fully saturated rings. The molecule has 106 valence electrons. The van der Waals surface area contributed by atoms with E-state index in [9.17, 15) is 8.42 Å². The Kier molecular flexibility index (Phi) is 4.27. The quantitative estimate of drug-likeness (QED) is 0.937. The van der Waals surface area contributed by atoms with E-state index in [1.807, 2.05) is 0 Å². The molecule has 0 aliphatic carbocycles. The van der Waals surface area contributed by atoms with Gasteiger partial charge < -0.3 is 5.73 Å². The van der Waals surface area contributed by atoms with Crippen LogP contribution < -0.4 is 10.0 Å². The van der Waals surface area contributed by atoms with Crippen molar-refractivity contribution in [3.8, 4) is 0 Å². The van der Waals surface area contributed by atoms with Crippen molar-refractivity contribution >= 4 is 27.3 Å². The highest BCUT2D eigenvalue weighted by atomic mass is 35.5. The third kappa shape index (κ3) is 2.77. The number of rotatable bonds is 4. The minimum Gasteiger partial charge on any atom is -0.326 e. The molecule has 5 nitrogen and oxygen atoms in total. The Morgan fingerprint density at radius 2 is 1.90 bits per heavy atom. The van der Waals surface area contributed by atoms with E-state index in [0.717, 1.165) is 9.87 Å². The van der Waals surface area contributed by atoms with Crippen LogP contribution >= 0.6 is 11.6 Å². The van der Waals surface area contributed by atoms with Gasteiger partial charge in [-0.05, 0) is 29.8 Å². The third-order valence-corrected chi connectivity index (χ3v) is 5.17. The molecule has 7 heteroatoms. The molecular weight excluding hydrogens is 298 g/mol. The molecule has 2 N–H and O–H groups in total. The van der Waals surface area contributed by atoms with Crippen molar-refractivity contribution in [2.45, 2.75) is 11.4 Å². The molecule has 0 spiro atoms. The van der Waals surface area contributed by atoms with Gasteiger partial charge in [0.25, 0.3) is 10.0 Å². The van der Waals surface area contributed by atoms with E-state index in [-0.39, 0.29) is 9.92 Å². The summed E-state index contributed by atoms with van der Waals surface area (Å²) in [4.78, 5) is 3.91. The fraction of sp³-hybridized carbons (Fsp3) is 0.154. The molecule has 1 aromatic heterocycles. The van der Waals surface area contributed by atoms with E-state index >= 15 is 0 Å². The fourth-order valence-corrected chi connectivity index (χ4v) is 3.46. The molecule has 0 aliphatic rings. The lowest BCUT2D eigenvalue weighted by molar-refractivity contribution is 0.594. The topological polar surface area (TPSA) is 76.3 Å². The van der Waals surface area contributed by atoms with Crippen LogP contribution in [0.3, 0.4) is 0 Å². The summed E-state index contributed by atoms with van der Waals surface area (Å²) in [5.74, 6) is 0. The van der Waals surface area contributed by atoms with Gasteiger partial charge in [-0.3, -0.25) is 9.29 Å².